The molecule has 202 valence electrons. The number of nitrogens with zero attached hydrogens (tertiary/aromatic N) is 6. The lowest BCUT2D eigenvalue weighted by atomic mass is 9.72. The molecule has 2 aromatic rings. The first-order valence-electron chi connectivity index (χ1n) is 13.3. The molecular formula is C27H38BrFN6O2. The molecule has 3 fully saturated rings. The van der Waals surface area contributed by atoms with Crippen LogP contribution < -0.4 is 9.80 Å². The number of aromatic nitrogens is 2. The smallest absolute Gasteiger partial charge is 0.410 e. The van der Waals surface area contributed by atoms with Crippen LogP contribution in [0.25, 0.3) is 10.9 Å². The zero-order valence-corrected chi connectivity index (χ0v) is 24.2. The predicted octanol–water partition coefficient (Wildman–Crippen LogP) is 4.68. The molecule has 0 atom stereocenters. The maximum absolute atomic E-state index is 15.6. The normalized spacial score (nSPS) is 20.5. The number of hydrogen-bond donors (Lipinski definition) is 0. The highest BCUT2D eigenvalue weighted by molar-refractivity contribution is 9.10. The van der Waals surface area contributed by atoms with Crippen molar-refractivity contribution in [2.75, 3.05) is 69.2 Å². The molecule has 1 amide bonds. The molecule has 1 spiro atoms. The number of piperazine rings is 1. The standard InChI is InChI=1S/C27H38BrFN6O2/c1-6-18-15-19-22(21(29)20(18)28)30-24(34-13-11-32(5)12-14-34)31-23(19)33-9-7-27(8-10-33)16-35(17-27)25(36)37-26(2,3)4/h15H,6-14,16-17H2,1-5H3. The molecule has 5 rings (SSSR count). The second-order valence-corrected chi connectivity index (χ2v) is 12.7. The highest BCUT2D eigenvalue weighted by Crippen LogP contribution is 2.43. The zero-order valence-electron chi connectivity index (χ0n) is 22.6. The molecule has 37 heavy (non-hydrogen) atoms. The fourth-order valence-electron chi connectivity index (χ4n) is 5.60. The lowest BCUT2D eigenvalue weighted by Crippen LogP contribution is -2.62. The van der Waals surface area contributed by atoms with Crippen molar-refractivity contribution in [2.24, 2.45) is 5.41 Å². The van der Waals surface area contributed by atoms with Crippen molar-refractivity contribution in [3.05, 3.63) is 21.9 Å². The van der Waals surface area contributed by atoms with E-state index in [9.17, 15) is 4.79 Å². The molecule has 0 aliphatic carbocycles. The molecule has 8 nitrogen and oxygen atoms in total. The summed E-state index contributed by atoms with van der Waals surface area (Å²) in [4.78, 5) is 30.8. The van der Waals surface area contributed by atoms with E-state index in [2.05, 4.69) is 37.7 Å². The topological polar surface area (TPSA) is 65.0 Å². The van der Waals surface area contributed by atoms with Gasteiger partial charge in [-0.05, 0) is 74.6 Å². The van der Waals surface area contributed by atoms with E-state index in [0.717, 1.165) is 88.4 Å². The summed E-state index contributed by atoms with van der Waals surface area (Å²) in [6.45, 7) is 14.3. The Kier molecular flexibility index (Phi) is 7.02. The van der Waals surface area contributed by atoms with Gasteiger partial charge < -0.3 is 24.3 Å². The van der Waals surface area contributed by atoms with Gasteiger partial charge in [0.2, 0.25) is 5.95 Å². The number of hydrogen-bond acceptors (Lipinski definition) is 7. The van der Waals surface area contributed by atoms with Crippen molar-refractivity contribution in [3.8, 4) is 0 Å². The number of halogens is 2. The molecule has 10 heteroatoms. The van der Waals surface area contributed by atoms with E-state index in [1.165, 1.54) is 0 Å². The summed E-state index contributed by atoms with van der Waals surface area (Å²) >= 11 is 3.47. The van der Waals surface area contributed by atoms with E-state index in [0.29, 0.717) is 15.9 Å². The number of benzene rings is 1. The molecule has 0 radical (unpaired) electrons. The van der Waals surface area contributed by atoms with Gasteiger partial charge in [-0.1, -0.05) is 6.92 Å². The van der Waals surface area contributed by atoms with E-state index in [1.807, 2.05) is 38.7 Å². The Bertz CT molecular complexity index is 1180. The van der Waals surface area contributed by atoms with Crippen LogP contribution in [0, 0.1) is 11.2 Å². The Labute approximate surface area is 227 Å². The number of rotatable bonds is 3. The van der Waals surface area contributed by atoms with Gasteiger partial charge in [0.25, 0.3) is 0 Å². The van der Waals surface area contributed by atoms with Crippen molar-refractivity contribution in [1.29, 1.82) is 0 Å². The minimum absolute atomic E-state index is 0.124. The molecule has 1 aromatic heterocycles. The molecule has 0 bridgehead atoms. The van der Waals surface area contributed by atoms with Gasteiger partial charge >= 0.3 is 6.09 Å². The third kappa shape index (κ3) is 5.24. The highest BCUT2D eigenvalue weighted by atomic mass is 79.9. The average Bonchev–Trinajstić information content (AvgIpc) is 2.83. The van der Waals surface area contributed by atoms with E-state index < -0.39 is 5.60 Å². The number of likely N-dealkylation sites (N-methyl/N-ethyl adjacent to an activating group) is 1. The first kappa shape index (κ1) is 26.4. The van der Waals surface area contributed by atoms with Crippen molar-refractivity contribution in [1.82, 2.24) is 19.8 Å². The SMILES string of the molecule is CCc1cc2c(N3CCC4(CC3)CN(C(=O)OC(C)(C)C)C4)nc(N3CCN(C)CC3)nc2c(F)c1Br. The summed E-state index contributed by atoms with van der Waals surface area (Å²) in [5, 5.41) is 0.773. The van der Waals surface area contributed by atoms with Gasteiger partial charge in [-0.25, -0.2) is 14.2 Å². The number of piperidine rings is 1. The lowest BCUT2D eigenvalue weighted by Gasteiger charge is -2.53. The molecule has 3 aliphatic rings. The molecule has 3 saturated heterocycles. The molecule has 1 aromatic carbocycles. The van der Waals surface area contributed by atoms with Crippen LogP contribution in [0.2, 0.25) is 0 Å². The summed E-state index contributed by atoms with van der Waals surface area (Å²) < 4.78 is 21.6. The summed E-state index contributed by atoms with van der Waals surface area (Å²) in [5.41, 5.74) is 0.936. The summed E-state index contributed by atoms with van der Waals surface area (Å²) in [5.74, 6) is 1.11. The first-order valence-corrected chi connectivity index (χ1v) is 14.1. The van der Waals surface area contributed by atoms with Gasteiger partial charge in [0.15, 0.2) is 5.82 Å². The van der Waals surface area contributed by atoms with Crippen molar-refractivity contribution in [3.63, 3.8) is 0 Å². The van der Waals surface area contributed by atoms with Crippen molar-refractivity contribution < 1.29 is 13.9 Å². The van der Waals surface area contributed by atoms with Crippen LogP contribution in [0.1, 0.15) is 46.1 Å². The molecule has 4 heterocycles. The van der Waals surface area contributed by atoms with Gasteiger partial charge in [0.05, 0.1) is 4.47 Å². The second kappa shape index (κ2) is 9.84. The number of fused-ring (bicyclic) bond motifs is 1. The Morgan fingerprint density at radius 1 is 1.08 bits per heavy atom. The minimum Gasteiger partial charge on any atom is -0.444 e. The monoisotopic (exact) mass is 576 g/mol. The van der Waals surface area contributed by atoms with Crippen LogP contribution in [0.5, 0.6) is 0 Å². The minimum atomic E-state index is -0.486. The molecule has 0 unspecified atom stereocenters. The predicted molar refractivity (Wildman–Crippen MR) is 148 cm³/mol. The van der Waals surface area contributed by atoms with Gasteiger partial charge in [-0.15, -0.1) is 0 Å². The molecule has 0 saturated carbocycles. The summed E-state index contributed by atoms with van der Waals surface area (Å²) in [7, 11) is 2.11. The van der Waals surface area contributed by atoms with Gasteiger partial charge in [0.1, 0.15) is 16.9 Å². The average molecular weight is 578 g/mol. The quantitative estimate of drug-likeness (QED) is 0.525. The third-order valence-electron chi connectivity index (χ3n) is 7.91. The highest BCUT2D eigenvalue weighted by Gasteiger charge is 2.48. The van der Waals surface area contributed by atoms with Crippen LogP contribution >= 0.6 is 15.9 Å². The summed E-state index contributed by atoms with van der Waals surface area (Å²) in [6, 6.07) is 2.05. The van der Waals surface area contributed by atoms with E-state index in [1.54, 1.807) is 0 Å². The second-order valence-electron chi connectivity index (χ2n) is 11.9. The maximum atomic E-state index is 15.6. The first-order chi connectivity index (χ1) is 17.5. The van der Waals surface area contributed by atoms with Crippen LogP contribution in [0.3, 0.4) is 0 Å². The Morgan fingerprint density at radius 3 is 2.32 bits per heavy atom. The van der Waals surface area contributed by atoms with Crippen LogP contribution in [-0.4, -0.2) is 90.9 Å². The number of aryl methyl sites for hydroxylation is 1. The molecule has 0 N–H and O–H groups in total. The number of likely N-dealkylation sites (tertiary alicyclic amines) is 1. The Morgan fingerprint density at radius 2 is 1.73 bits per heavy atom. The Balaban J connectivity index is 1.40. The van der Waals surface area contributed by atoms with Gasteiger partial charge in [0, 0.05) is 63.2 Å². The van der Waals surface area contributed by atoms with E-state index in [4.69, 9.17) is 14.7 Å². The fraction of sp³-hybridized carbons (Fsp3) is 0.667. The largest absolute Gasteiger partial charge is 0.444 e. The molecule has 3 aliphatic heterocycles. The van der Waals surface area contributed by atoms with Gasteiger partial charge in [-0.3, -0.25) is 0 Å². The van der Waals surface area contributed by atoms with Gasteiger partial charge in [-0.2, -0.15) is 4.98 Å². The summed E-state index contributed by atoms with van der Waals surface area (Å²) in [6.07, 6.45) is 2.41. The number of carbonyl (C=O) groups excluding carboxylic acids is 1. The fourth-order valence-corrected chi connectivity index (χ4v) is 6.19. The number of ether oxygens (including phenoxy) is 1. The van der Waals surface area contributed by atoms with Crippen molar-refractivity contribution >= 4 is 44.7 Å². The Hall–Kier alpha value is -2.20. The lowest BCUT2D eigenvalue weighted by molar-refractivity contribution is -0.0434. The molecular weight excluding hydrogens is 539 g/mol. The van der Waals surface area contributed by atoms with Crippen LogP contribution in [0.4, 0.5) is 21.0 Å². The van der Waals surface area contributed by atoms with E-state index >= 15 is 4.39 Å². The number of amides is 1. The van der Waals surface area contributed by atoms with Crippen LogP contribution in [-0.2, 0) is 11.2 Å². The van der Waals surface area contributed by atoms with Crippen molar-refractivity contribution in [2.45, 2.75) is 52.6 Å². The third-order valence-corrected chi connectivity index (χ3v) is 8.77. The maximum Gasteiger partial charge on any atom is 0.410 e. The number of anilines is 2. The zero-order chi connectivity index (χ0) is 26.5. The van der Waals surface area contributed by atoms with Crippen LogP contribution in [0.15, 0.2) is 10.5 Å². The number of carbonyl (C=O) groups is 1. The van der Waals surface area contributed by atoms with E-state index in [-0.39, 0.29) is 17.3 Å².